The van der Waals surface area contributed by atoms with Gasteiger partial charge in [-0.25, -0.2) is 0 Å². The van der Waals surface area contributed by atoms with Crippen molar-refractivity contribution in [3.8, 4) is 5.75 Å². The number of carbonyl (C=O) groups excluding carboxylic acids is 3. The van der Waals surface area contributed by atoms with Crippen molar-refractivity contribution in [2.75, 3.05) is 30.3 Å². The second-order valence-electron chi connectivity index (χ2n) is 10.1. The van der Waals surface area contributed by atoms with Crippen molar-refractivity contribution >= 4 is 40.7 Å². The maximum absolute atomic E-state index is 12.8. The topological polar surface area (TPSA) is 131 Å². The largest absolute Gasteiger partial charge is 0.483 e. The maximum atomic E-state index is 12.8. The van der Waals surface area contributed by atoms with Crippen molar-refractivity contribution in [1.82, 2.24) is 15.2 Å². The number of amides is 3. The fourth-order valence-corrected chi connectivity index (χ4v) is 4.31. The number of carbonyl (C=O) groups is 3. The van der Waals surface area contributed by atoms with Gasteiger partial charge in [0.05, 0.1) is 12.2 Å². The van der Waals surface area contributed by atoms with E-state index in [1.54, 1.807) is 31.2 Å². The third-order valence-corrected chi connectivity index (χ3v) is 6.83. The van der Waals surface area contributed by atoms with Crippen LogP contribution in [-0.4, -0.2) is 42.0 Å². The van der Waals surface area contributed by atoms with Gasteiger partial charge >= 0.3 is 0 Å². The molecular formula is C30H34ClN5O5. The number of ether oxygens (including phenoxy) is 1. The Balaban J connectivity index is 0.000000483. The molecule has 11 heteroatoms. The van der Waals surface area contributed by atoms with Crippen LogP contribution in [0.2, 0.25) is 5.02 Å². The first-order chi connectivity index (χ1) is 19.7. The Morgan fingerprint density at radius 2 is 1.78 bits per heavy atom. The number of nitrogens with zero attached hydrogens (tertiary/aromatic N) is 1. The molecule has 3 aromatic rings. The molecule has 41 heavy (non-hydrogen) atoms. The Labute approximate surface area is 243 Å². The van der Waals surface area contributed by atoms with E-state index in [2.05, 4.69) is 40.3 Å². The van der Waals surface area contributed by atoms with Crippen LogP contribution in [0.4, 0.5) is 11.4 Å². The minimum atomic E-state index is -0.463. The van der Waals surface area contributed by atoms with Gasteiger partial charge in [0, 0.05) is 29.4 Å². The predicted molar refractivity (Wildman–Crippen MR) is 158 cm³/mol. The van der Waals surface area contributed by atoms with Crippen LogP contribution in [0.1, 0.15) is 29.7 Å². The van der Waals surface area contributed by atoms with E-state index in [0.29, 0.717) is 40.2 Å². The first kappa shape index (κ1) is 29.7. The summed E-state index contributed by atoms with van der Waals surface area (Å²) >= 11 is 6.10. The van der Waals surface area contributed by atoms with Crippen LogP contribution < -0.4 is 31.6 Å². The number of aromatic nitrogens is 1. The van der Waals surface area contributed by atoms with Crippen LogP contribution in [0, 0.1) is 19.8 Å². The molecule has 5 rings (SSSR count). The number of fused-ring (bicyclic) bond motifs is 1. The van der Waals surface area contributed by atoms with Gasteiger partial charge < -0.3 is 30.6 Å². The van der Waals surface area contributed by atoms with Gasteiger partial charge in [0.1, 0.15) is 18.0 Å². The third kappa shape index (κ3) is 8.84. The number of anilines is 2. The summed E-state index contributed by atoms with van der Waals surface area (Å²) in [6.07, 6.45) is 2.29. The van der Waals surface area contributed by atoms with E-state index >= 15 is 0 Å². The highest BCUT2D eigenvalue weighted by atomic mass is 35.5. The average molecular weight is 580 g/mol. The van der Waals surface area contributed by atoms with Gasteiger partial charge in [-0.3, -0.25) is 19.2 Å². The molecule has 0 saturated heterocycles. The maximum Gasteiger partial charge on any atom is 0.277 e. The fourth-order valence-electron chi connectivity index (χ4n) is 4.11. The zero-order valence-electron chi connectivity index (χ0n) is 23.1. The Bertz CT molecular complexity index is 1470. The summed E-state index contributed by atoms with van der Waals surface area (Å²) in [7, 11) is 0. The number of rotatable bonds is 9. The van der Waals surface area contributed by atoms with Gasteiger partial charge in [0.15, 0.2) is 6.61 Å². The lowest BCUT2D eigenvalue weighted by atomic mass is 10.2. The minimum absolute atomic E-state index is 0.0859. The first-order valence-electron chi connectivity index (χ1n) is 13.4. The number of nitrogens with one attached hydrogen (secondary N) is 4. The summed E-state index contributed by atoms with van der Waals surface area (Å²) in [5.74, 6) is 0.0689. The van der Waals surface area contributed by atoms with E-state index < -0.39 is 11.5 Å². The van der Waals surface area contributed by atoms with Crippen LogP contribution >= 0.6 is 11.6 Å². The molecule has 4 N–H and O–H groups in total. The molecule has 0 radical (unpaired) electrons. The van der Waals surface area contributed by atoms with E-state index in [9.17, 15) is 19.2 Å². The molecule has 0 unspecified atom stereocenters. The van der Waals surface area contributed by atoms with Crippen molar-refractivity contribution in [3.05, 3.63) is 86.8 Å². The molecule has 2 heterocycles. The lowest BCUT2D eigenvalue weighted by Gasteiger charge is -2.21. The first-order valence-corrected chi connectivity index (χ1v) is 13.8. The number of benzene rings is 2. The Morgan fingerprint density at radius 3 is 2.46 bits per heavy atom. The van der Waals surface area contributed by atoms with Crippen molar-refractivity contribution in [1.29, 1.82) is 0 Å². The Hall–Kier alpha value is -4.31. The number of hydrogen-bond acceptors (Lipinski definition) is 6. The summed E-state index contributed by atoms with van der Waals surface area (Å²) in [4.78, 5) is 49.0. The smallest absolute Gasteiger partial charge is 0.277 e. The van der Waals surface area contributed by atoms with E-state index in [1.165, 1.54) is 10.1 Å². The monoisotopic (exact) mass is 579 g/mol. The van der Waals surface area contributed by atoms with Crippen LogP contribution in [0.15, 0.2) is 59.4 Å². The molecule has 0 spiro atoms. The van der Waals surface area contributed by atoms with Crippen LogP contribution in [0.3, 0.4) is 0 Å². The summed E-state index contributed by atoms with van der Waals surface area (Å²) in [5.41, 5.74) is 2.69. The highest BCUT2D eigenvalue weighted by molar-refractivity contribution is 6.30. The fraction of sp³-hybridized carbons (Fsp3) is 0.333. The minimum Gasteiger partial charge on any atom is -0.483 e. The van der Waals surface area contributed by atoms with Gasteiger partial charge in [0.2, 0.25) is 11.8 Å². The quantitative estimate of drug-likeness (QED) is 0.307. The molecule has 2 aromatic carbocycles. The molecular weight excluding hydrogens is 546 g/mol. The van der Waals surface area contributed by atoms with Crippen molar-refractivity contribution in [3.63, 3.8) is 0 Å². The van der Waals surface area contributed by atoms with E-state index in [0.717, 1.165) is 12.8 Å². The molecule has 1 aliphatic heterocycles. The SMILES string of the molecule is Cc1cc2c(c(=O)n1CC(=O)NCc1cc(Cl)ccc1OCC(=O)NCC1CC1)NC(=O)CN2.Cc1ccccc1. The summed E-state index contributed by atoms with van der Waals surface area (Å²) in [6.45, 7) is 4.27. The molecule has 2 aliphatic rings. The summed E-state index contributed by atoms with van der Waals surface area (Å²) in [6, 6.07) is 16.9. The average Bonchev–Trinajstić information content (AvgIpc) is 3.78. The van der Waals surface area contributed by atoms with Crippen LogP contribution in [-0.2, 0) is 27.5 Å². The molecule has 10 nitrogen and oxygen atoms in total. The number of pyridine rings is 1. The number of hydrogen-bond donors (Lipinski definition) is 4. The molecule has 216 valence electrons. The molecule has 1 aliphatic carbocycles. The lowest BCUT2D eigenvalue weighted by Crippen LogP contribution is -2.38. The molecule has 1 fully saturated rings. The second kappa shape index (κ2) is 13.8. The third-order valence-electron chi connectivity index (χ3n) is 6.60. The molecule has 3 amide bonds. The lowest BCUT2D eigenvalue weighted by molar-refractivity contribution is -0.123. The molecule has 0 bridgehead atoms. The van der Waals surface area contributed by atoms with Crippen molar-refractivity contribution in [2.24, 2.45) is 5.92 Å². The number of aryl methyl sites for hydroxylation is 2. The van der Waals surface area contributed by atoms with Gasteiger partial charge in [-0.2, -0.15) is 0 Å². The molecule has 1 aromatic heterocycles. The second-order valence-corrected chi connectivity index (χ2v) is 10.5. The zero-order chi connectivity index (χ0) is 29.4. The highest BCUT2D eigenvalue weighted by Gasteiger charge is 2.22. The van der Waals surface area contributed by atoms with E-state index in [4.69, 9.17) is 16.3 Å². The number of halogens is 1. The predicted octanol–water partition coefficient (Wildman–Crippen LogP) is 3.39. The van der Waals surface area contributed by atoms with Gasteiger partial charge in [0.25, 0.3) is 11.5 Å². The Morgan fingerprint density at radius 1 is 1.02 bits per heavy atom. The van der Waals surface area contributed by atoms with Crippen molar-refractivity contribution < 1.29 is 19.1 Å². The zero-order valence-corrected chi connectivity index (χ0v) is 23.8. The summed E-state index contributed by atoms with van der Waals surface area (Å²) < 4.78 is 6.94. The van der Waals surface area contributed by atoms with Gasteiger partial charge in [-0.1, -0.05) is 47.5 Å². The standard InChI is InChI=1S/C23H26ClN5O5.C7H8/c1-13-6-17-22(28-19(30)10-25-17)23(33)29(13)11-20(31)27-9-15-7-16(24)4-5-18(15)34-12-21(32)26-8-14-2-3-14;1-7-5-3-2-4-6-7/h4-7,14,25H,2-3,8-12H2,1H3,(H,26,32)(H,27,31)(H,28,30);2-6H,1H3. The molecule has 0 atom stereocenters. The van der Waals surface area contributed by atoms with E-state index in [1.807, 2.05) is 18.2 Å². The highest BCUT2D eigenvalue weighted by Crippen LogP contribution is 2.27. The van der Waals surface area contributed by atoms with Crippen molar-refractivity contribution in [2.45, 2.75) is 39.8 Å². The van der Waals surface area contributed by atoms with Gasteiger partial charge in [-0.05, 0) is 56.9 Å². The van der Waals surface area contributed by atoms with E-state index in [-0.39, 0.29) is 43.7 Å². The van der Waals surface area contributed by atoms with Crippen LogP contribution in [0.25, 0.3) is 0 Å². The van der Waals surface area contributed by atoms with Crippen LogP contribution in [0.5, 0.6) is 5.75 Å². The summed E-state index contributed by atoms with van der Waals surface area (Å²) in [5, 5.41) is 11.5. The van der Waals surface area contributed by atoms with Gasteiger partial charge in [-0.15, -0.1) is 0 Å². The normalized spacial score (nSPS) is 13.5. The Kier molecular flexibility index (Phi) is 10.0. The molecule has 1 saturated carbocycles.